The molecular weight excluding hydrogens is 262 g/mol. The van der Waals surface area contributed by atoms with E-state index in [0.29, 0.717) is 13.2 Å². The lowest BCUT2D eigenvalue weighted by Crippen LogP contribution is -2.41. The molecule has 0 aromatic heterocycles. The number of likely N-dealkylation sites (tertiary alicyclic amines) is 1. The van der Waals surface area contributed by atoms with Crippen LogP contribution in [0.5, 0.6) is 5.75 Å². The van der Waals surface area contributed by atoms with Crippen molar-refractivity contribution >= 4 is 0 Å². The number of aliphatic hydroxyl groups is 1. The second kappa shape index (κ2) is 7.28. The van der Waals surface area contributed by atoms with Gasteiger partial charge in [-0.05, 0) is 62.8 Å². The molecule has 0 radical (unpaired) electrons. The molecule has 1 aromatic carbocycles. The van der Waals surface area contributed by atoms with E-state index in [-0.39, 0.29) is 0 Å². The molecule has 21 heavy (non-hydrogen) atoms. The average Bonchev–Trinajstić information content (AvgIpc) is 2.43. The number of benzene rings is 1. The van der Waals surface area contributed by atoms with Crippen LogP contribution in [0.15, 0.2) is 12.1 Å². The zero-order chi connectivity index (χ0) is 15.4. The second-order valence-corrected chi connectivity index (χ2v) is 6.63. The van der Waals surface area contributed by atoms with E-state index < -0.39 is 6.10 Å². The van der Waals surface area contributed by atoms with Crippen LogP contribution in [0.2, 0.25) is 0 Å². The van der Waals surface area contributed by atoms with Gasteiger partial charge in [0.2, 0.25) is 0 Å². The highest BCUT2D eigenvalue weighted by Crippen LogP contribution is 2.26. The van der Waals surface area contributed by atoms with Crippen molar-refractivity contribution in [3.63, 3.8) is 0 Å². The summed E-state index contributed by atoms with van der Waals surface area (Å²) in [7, 11) is 0. The summed E-state index contributed by atoms with van der Waals surface area (Å²) in [6, 6.07) is 4.19. The van der Waals surface area contributed by atoms with Gasteiger partial charge in [-0.3, -0.25) is 0 Å². The van der Waals surface area contributed by atoms with Gasteiger partial charge in [0.25, 0.3) is 0 Å². The summed E-state index contributed by atoms with van der Waals surface area (Å²) < 4.78 is 5.90. The third-order valence-corrected chi connectivity index (χ3v) is 4.50. The van der Waals surface area contributed by atoms with Crippen molar-refractivity contribution in [2.75, 3.05) is 26.2 Å². The van der Waals surface area contributed by atoms with E-state index in [0.717, 1.165) is 30.3 Å². The van der Waals surface area contributed by atoms with E-state index >= 15 is 0 Å². The molecule has 0 spiro atoms. The first-order chi connectivity index (χ1) is 9.97. The highest BCUT2D eigenvalue weighted by Gasteiger charge is 2.19. The summed E-state index contributed by atoms with van der Waals surface area (Å²) in [5.74, 6) is 1.68. The molecule has 2 unspecified atom stereocenters. The molecule has 1 aliphatic rings. The number of hydrogen-bond acceptors (Lipinski definition) is 3. The highest BCUT2D eigenvalue weighted by molar-refractivity contribution is 5.44. The maximum absolute atomic E-state index is 10.2. The molecule has 0 saturated carbocycles. The van der Waals surface area contributed by atoms with Gasteiger partial charge >= 0.3 is 0 Å². The first-order valence-corrected chi connectivity index (χ1v) is 8.07. The van der Waals surface area contributed by atoms with E-state index in [9.17, 15) is 5.11 Å². The first-order valence-electron chi connectivity index (χ1n) is 8.07. The predicted octanol–water partition coefficient (Wildman–Crippen LogP) is 3.08. The van der Waals surface area contributed by atoms with E-state index in [2.05, 4.69) is 44.7 Å². The van der Waals surface area contributed by atoms with Crippen LogP contribution in [0.25, 0.3) is 0 Å². The number of ether oxygens (including phenoxy) is 1. The summed E-state index contributed by atoms with van der Waals surface area (Å²) in [4.78, 5) is 2.36. The largest absolute Gasteiger partial charge is 0.490 e. The summed E-state index contributed by atoms with van der Waals surface area (Å²) in [5.41, 5.74) is 3.54. The van der Waals surface area contributed by atoms with E-state index in [4.69, 9.17) is 4.74 Å². The Morgan fingerprint density at radius 2 is 2.00 bits per heavy atom. The molecule has 1 aliphatic heterocycles. The van der Waals surface area contributed by atoms with Crippen LogP contribution in [0.4, 0.5) is 0 Å². The molecule has 118 valence electrons. The highest BCUT2D eigenvalue weighted by atomic mass is 16.5. The fourth-order valence-electron chi connectivity index (χ4n) is 3.13. The van der Waals surface area contributed by atoms with Gasteiger partial charge in [0.05, 0.1) is 0 Å². The average molecular weight is 291 g/mol. The Hall–Kier alpha value is -1.06. The molecule has 3 heteroatoms. The molecule has 2 atom stereocenters. The fraction of sp³-hybridized carbons (Fsp3) is 0.667. The van der Waals surface area contributed by atoms with E-state index in [1.54, 1.807) is 0 Å². The van der Waals surface area contributed by atoms with Crippen molar-refractivity contribution in [1.29, 1.82) is 0 Å². The van der Waals surface area contributed by atoms with Gasteiger partial charge in [-0.1, -0.05) is 19.1 Å². The lowest BCUT2D eigenvalue weighted by atomic mass is 10.00. The molecule has 2 rings (SSSR count). The number of aliphatic hydroxyl groups excluding tert-OH is 1. The maximum atomic E-state index is 10.2. The lowest BCUT2D eigenvalue weighted by molar-refractivity contribution is 0.0533. The van der Waals surface area contributed by atoms with Crippen LogP contribution in [0.1, 0.15) is 36.5 Å². The Bertz CT molecular complexity index is 473. The number of hydrogen-bond donors (Lipinski definition) is 1. The van der Waals surface area contributed by atoms with E-state index in [1.807, 2.05) is 0 Å². The molecule has 1 aromatic rings. The molecule has 0 aliphatic carbocycles. The first kappa shape index (κ1) is 16.3. The molecule has 0 amide bonds. The van der Waals surface area contributed by atoms with Crippen LogP contribution in [0, 0.1) is 26.7 Å². The smallest absolute Gasteiger partial charge is 0.125 e. The summed E-state index contributed by atoms with van der Waals surface area (Å²) in [6.07, 6.45) is 2.13. The van der Waals surface area contributed by atoms with Gasteiger partial charge in [-0.2, -0.15) is 0 Å². The minimum absolute atomic E-state index is 0.371. The van der Waals surface area contributed by atoms with Gasteiger partial charge in [0.1, 0.15) is 18.5 Å². The Balaban J connectivity index is 1.86. The molecule has 1 fully saturated rings. The molecule has 1 heterocycles. The third-order valence-electron chi connectivity index (χ3n) is 4.50. The second-order valence-electron chi connectivity index (χ2n) is 6.63. The summed E-state index contributed by atoms with van der Waals surface area (Å²) in [5, 5.41) is 10.2. The number of nitrogens with zero attached hydrogens (tertiary/aromatic N) is 1. The van der Waals surface area contributed by atoms with Crippen molar-refractivity contribution in [2.24, 2.45) is 5.92 Å². The molecule has 3 nitrogen and oxygen atoms in total. The monoisotopic (exact) mass is 291 g/mol. The topological polar surface area (TPSA) is 32.7 Å². The predicted molar refractivity (Wildman–Crippen MR) is 87.0 cm³/mol. The summed E-state index contributed by atoms with van der Waals surface area (Å²) >= 11 is 0. The Morgan fingerprint density at radius 3 is 2.71 bits per heavy atom. The van der Waals surface area contributed by atoms with Crippen LogP contribution < -0.4 is 4.74 Å². The van der Waals surface area contributed by atoms with Gasteiger partial charge in [0, 0.05) is 13.1 Å². The van der Waals surface area contributed by atoms with Gasteiger partial charge < -0.3 is 14.7 Å². The van der Waals surface area contributed by atoms with Crippen molar-refractivity contribution in [3.8, 4) is 5.75 Å². The molecule has 0 bridgehead atoms. The zero-order valence-corrected chi connectivity index (χ0v) is 13.9. The Kier molecular flexibility index (Phi) is 5.65. The van der Waals surface area contributed by atoms with Crippen LogP contribution in [0.3, 0.4) is 0 Å². The quantitative estimate of drug-likeness (QED) is 0.905. The zero-order valence-electron chi connectivity index (χ0n) is 13.9. The number of aryl methyl sites for hydroxylation is 2. The number of piperidine rings is 1. The Labute approximate surface area is 128 Å². The van der Waals surface area contributed by atoms with Crippen LogP contribution in [-0.4, -0.2) is 42.4 Å². The number of rotatable bonds is 5. The van der Waals surface area contributed by atoms with Crippen molar-refractivity contribution < 1.29 is 9.84 Å². The van der Waals surface area contributed by atoms with Crippen LogP contribution >= 0.6 is 0 Å². The van der Waals surface area contributed by atoms with Gasteiger partial charge in [-0.25, -0.2) is 0 Å². The van der Waals surface area contributed by atoms with Crippen molar-refractivity contribution in [2.45, 2.75) is 46.6 Å². The normalized spacial score (nSPS) is 21.3. The minimum Gasteiger partial charge on any atom is -0.490 e. The summed E-state index contributed by atoms with van der Waals surface area (Å²) in [6.45, 7) is 11.8. The van der Waals surface area contributed by atoms with E-state index in [1.165, 1.54) is 24.0 Å². The SMILES string of the molecule is Cc1ccc(C)c(OCC(O)CN2CCCC(C)C2)c1C. The molecular formula is C18H29NO2. The van der Waals surface area contributed by atoms with Crippen LogP contribution in [-0.2, 0) is 0 Å². The van der Waals surface area contributed by atoms with Gasteiger partial charge in [-0.15, -0.1) is 0 Å². The lowest BCUT2D eigenvalue weighted by Gasteiger charge is -2.32. The Morgan fingerprint density at radius 1 is 1.29 bits per heavy atom. The number of β-amino-alcohol motifs (C(OH)–C–C–N with tert-alkyl or cyclic N) is 1. The van der Waals surface area contributed by atoms with Crippen molar-refractivity contribution in [1.82, 2.24) is 4.90 Å². The van der Waals surface area contributed by atoms with Crippen molar-refractivity contribution in [3.05, 3.63) is 28.8 Å². The van der Waals surface area contributed by atoms with Gasteiger partial charge in [0.15, 0.2) is 0 Å². The standard InChI is InChI=1S/C18H29NO2/c1-13-6-5-9-19(10-13)11-17(20)12-21-18-15(3)8-7-14(2)16(18)4/h7-8,13,17,20H,5-6,9-12H2,1-4H3. The minimum atomic E-state index is -0.422. The molecule has 1 saturated heterocycles. The third kappa shape index (κ3) is 4.45. The fourth-order valence-corrected chi connectivity index (χ4v) is 3.13. The maximum Gasteiger partial charge on any atom is 0.125 e. The molecule has 1 N–H and O–H groups in total.